The van der Waals surface area contributed by atoms with Gasteiger partial charge in [-0.15, -0.1) is 0 Å². The predicted octanol–water partition coefficient (Wildman–Crippen LogP) is 4.97. The van der Waals surface area contributed by atoms with E-state index in [9.17, 15) is 0 Å². The highest BCUT2D eigenvalue weighted by Gasteiger charge is 2.42. The lowest BCUT2D eigenvalue weighted by atomic mass is 9.74. The molecule has 1 fully saturated rings. The maximum atomic E-state index is 5.78. The molecule has 1 heterocycles. The smallest absolute Gasteiger partial charge is 0.0972 e. The maximum absolute atomic E-state index is 5.78. The highest BCUT2D eigenvalue weighted by atomic mass is 15.2. The monoisotopic (exact) mass is 370 g/mol. The Balaban J connectivity index is 1.94. The zero-order valence-electron chi connectivity index (χ0n) is 16.6. The first kappa shape index (κ1) is 18.9. The van der Waals surface area contributed by atoms with Crippen molar-refractivity contribution in [2.45, 2.75) is 31.2 Å². The van der Waals surface area contributed by atoms with Gasteiger partial charge in [-0.05, 0) is 61.2 Å². The van der Waals surface area contributed by atoms with Crippen molar-refractivity contribution >= 4 is 0 Å². The zero-order valence-corrected chi connectivity index (χ0v) is 16.6. The normalized spacial score (nSPS) is 15.5. The lowest BCUT2D eigenvalue weighted by Gasteiger charge is -2.47. The van der Waals surface area contributed by atoms with Crippen LogP contribution >= 0.6 is 0 Å². The standard InChI is InChI=1S/C26H30N2/c27-19-18-22-14-16-25(17-15-22)26(23-10-4-1-5-11-23,24-12-6-2-7-13-24)28-20-8-3-9-21-28/h1-2,4-7,10-17H,3,8-9,18-21,27H2. The minimum absolute atomic E-state index is 0.260. The fraction of sp³-hybridized carbons (Fsp3) is 0.308. The van der Waals surface area contributed by atoms with Gasteiger partial charge in [0, 0.05) is 0 Å². The van der Waals surface area contributed by atoms with E-state index in [-0.39, 0.29) is 5.54 Å². The average molecular weight is 371 g/mol. The molecule has 0 radical (unpaired) electrons. The van der Waals surface area contributed by atoms with Crippen molar-refractivity contribution in [1.82, 2.24) is 4.90 Å². The van der Waals surface area contributed by atoms with Gasteiger partial charge in [0.2, 0.25) is 0 Å². The van der Waals surface area contributed by atoms with Crippen LogP contribution in [0.3, 0.4) is 0 Å². The van der Waals surface area contributed by atoms with E-state index in [0.717, 1.165) is 19.5 Å². The summed E-state index contributed by atoms with van der Waals surface area (Å²) in [6.45, 7) is 2.93. The van der Waals surface area contributed by atoms with Gasteiger partial charge in [-0.2, -0.15) is 0 Å². The van der Waals surface area contributed by atoms with Gasteiger partial charge in [-0.25, -0.2) is 0 Å². The third-order valence-electron chi connectivity index (χ3n) is 6.02. The first-order valence-corrected chi connectivity index (χ1v) is 10.5. The van der Waals surface area contributed by atoms with Crippen molar-refractivity contribution in [3.05, 3.63) is 107 Å². The largest absolute Gasteiger partial charge is 0.330 e. The SMILES string of the molecule is NCCc1ccc(C(c2ccccc2)(c2ccccc2)N2CCCCC2)cc1. The molecule has 0 bridgehead atoms. The van der Waals surface area contributed by atoms with Crippen LogP contribution in [-0.4, -0.2) is 24.5 Å². The molecule has 0 spiro atoms. The molecular formula is C26H30N2. The maximum Gasteiger partial charge on any atom is 0.0972 e. The molecule has 0 unspecified atom stereocenters. The molecule has 3 aromatic rings. The molecule has 28 heavy (non-hydrogen) atoms. The number of hydrogen-bond acceptors (Lipinski definition) is 2. The third-order valence-corrected chi connectivity index (χ3v) is 6.02. The van der Waals surface area contributed by atoms with Crippen LogP contribution in [0.4, 0.5) is 0 Å². The molecule has 0 aliphatic carbocycles. The molecule has 1 saturated heterocycles. The van der Waals surface area contributed by atoms with E-state index < -0.39 is 0 Å². The molecule has 1 aliphatic rings. The van der Waals surface area contributed by atoms with Gasteiger partial charge in [0.05, 0.1) is 5.54 Å². The van der Waals surface area contributed by atoms with Gasteiger partial charge in [-0.1, -0.05) is 91.3 Å². The number of likely N-dealkylation sites (tertiary alicyclic amines) is 1. The van der Waals surface area contributed by atoms with Crippen molar-refractivity contribution in [2.75, 3.05) is 19.6 Å². The van der Waals surface area contributed by atoms with Crippen molar-refractivity contribution < 1.29 is 0 Å². The number of rotatable bonds is 6. The van der Waals surface area contributed by atoms with Gasteiger partial charge in [0.1, 0.15) is 0 Å². The molecule has 2 N–H and O–H groups in total. The molecule has 2 heteroatoms. The summed E-state index contributed by atoms with van der Waals surface area (Å²) in [6.07, 6.45) is 4.76. The van der Waals surface area contributed by atoms with E-state index in [1.54, 1.807) is 0 Å². The van der Waals surface area contributed by atoms with Crippen LogP contribution in [0.15, 0.2) is 84.9 Å². The summed E-state index contributed by atoms with van der Waals surface area (Å²) in [6, 6.07) is 31.2. The average Bonchev–Trinajstić information content (AvgIpc) is 2.78. The van der Waals surface area contributed by atoms with Crippen molar-refractivity contribution in [3.8, 4) is 0 Å². The fourth-order valence-corrected chi connectivity index (χ4v) is 4.72. The first-order chi connectivity index (χ1) is 13.9. The van der Waals surface area contributed by atoms with Crippen LogP contribution in [-0.2, 0) is 12.0 Å². The molecule has 0 atom stereocenters. The summed E-state index contributed by atoms with van der Waals surface area (Å²) < 4.78 is 0. The second-order valence-electron chi connectivity index (χ2n) is 7.73. The summed E-state index contributed by atoms with van der Waals surface area (Å²) >= 11 is 0. The molecule has 4 rings (SSSR count). The van der Waals surface area contributed by atoms with Gasteiger partial charge in [0.15, 0.2) is 0 Å². The zero-order chi connectivity index (χ0) is 19.2. The summed E-state index contributed by atoms with van der Waals surface area (Å²) in [5.74, 6) is 0. The Hall–Kier alpha value is -2.42. The summed E-state index contributed by atoms with van der Waals surface area (Å²) in [5.41, 5.74) is 10.8. The Labute approximate surface area is 169 Å². The quantitative estimate of drug-likeness (QED) is 0.621. The fourth-order valence-electron chi connectivity index (χ4n) is 4.72. The Morgan fingerprint density at radius 3 is 1.64 bits per heavy atom. The summed E-state index contributed by atoms with van der Waals surface area (Å²) in [4.78, 5) is 2.69. The number of piperidine rings is 1. The topological polar surface area (TPSA) is 29.3 Å². The van der Waals surface area contributed by atoms with Gasteiger partial charge < -0.3 is 5.73 Å². The Morgan fingerprint density at radius 2 is 1.14 bits per heavy atom. The van der Waals surface area contributed by atoms with Crippen LogP contribution in [0.1, 0.15) is 41.5 Å². The van der Waals surface area contributed by atoms with E-state index in [0.29, 0.717) is 6.54 Å². The highest BCUT2D eigenvalue weighted by molar-refractivity contribution is 5.50. The molecule has 3 aromatic carbocycles. The van der Waals surface area contributed by atoms with Crippen LogP contribution < -0.4 is 5.73 Å². The Kier molecular flexibility index (Phi) is 5.90. The van der Waals surface area contributed by atoms with Crippen LogP contribution in [0.2, 0.25) is 0 Å². The van der Waals surface area contributed by atoms with Crippen LogP contribution in [0.25, 0.3) is 0 Å². The second kappa shape index (κ2) is 8.72. The van der Waals surface area contributed by atoms with Gasteiger partial charge in [0.25, 0.3) is 0 Å². The van der Waals surface area contributed by atoms with E-state index in [2.05, 4.69) is 89.8 Å². The molecule has 0 aromatic heterocycles. The number of nitrogens with two attached hydrogens (primary N) is 1. The third kappa shape index (κ3) is 3.50. The van der Waals surface area contributed by atoms with Crippen LogP contribution in [0.5, 0.6) is 0 Å². The molecule has 0 saturated carbocycles. The van der Waals surface area contributed by atoms with E-state index in [1.165, 1.54) is 41.5 Å². The lowest BCUT2D eigenvalue weighted by Crippen LogP contribution is -2.50. The molecule has 144 valence electrons. The number of nitrogens with zero attached hydrogens (tertiary/aromatic N) is 1. The van der Waals surface area contributed by atoms with Crippen molar-refractivity contribution in [2.24, 2.45) is 5.73 Å². The van der Waals surface area contributed by atoms with Gasteiger partial charge in [-0.3, -0.25) is 4.90 Å². The lowest BCUT2D eigenvalue weighted by molar-refractivity contribution is 0.128. The van der Waals surface area contributed by atoms with E-state index in [1.807, 2.05) is 0 Å². The molecule has 1 aliphatic heterocycles. The number of benzene rings is 3. The van der Waals surface area contributed by atoms with E-state index in [4.69, 9.17) is 5.73 Å². The minimum Gasteiger partial charge on any atom is -0.330 e. The Morgan fingerprint density at radius 1 is 0.643 bits per heavy atom. The minimum atomic E-state index is -0.260. The first-order valence-electron chi connectivity index (χ1n) is 10.5. The van der Waals surface area contributed by atoms with Gasteiger partial charge >= 0.3 is 0 Å². The Bertz CT molecular complexity index is 810. The van der Waals surface area contributed by atoms with Crippen molar-refractivity contribution in [1.29, 1.82) is 0 Å². The van der Waals surface area contributed by atoms with E-state index >= 15 is 0 Å². The molecular weight excluding hydrogens is 340 g/mol. The summed E-state index contributed by atoms with van der Waals surface area (Å²) in [5, 5.41) is 0. The molecule has 2 nitrogen and oxygen atoms in total. The second-order valence-corrected chi connectivity index (χ2v) is 7.73. The highest BCUT2D eigenvalue weighted by Crippen LogP contribution is 2.43. The number of hydrogen-bond donors (Lipinski definition) is 1. The molecule has 0 amide bonds. The summed E-state index contributed by atoms with van der Waals surface area (Å²) in [7, 11) is 0. The van der Waals surface area contributed by atoms with Crippen LogP contribution in [0, 0.1) is 0 Å². The predicted molar refractivity (Wildman–Crippen MR) is 117 cm³/mol. The van der Waals surface area contributed by atoms with Crippen molar-refractivity contribution in [3.63, 3.8) is 0 Å².